The number of aliphatic hydroxyl groups excluding tert-OH is 1. The molecule has 1 amide bonds. The number of methoxy groups -OCH3 is 1. The quantitative estimate of drug-likeness (QED) is 0.467. The maximum atomic E-state index is 11.6. The van der Waals surface area contributed by atoms with Crippen LogP contribution in [0.2, 0.25) is 0 Å². The molecule has 0 aliphatic heterocycles. The van der Waals surface area contributed by atoms with E-state index in [-0.39, 0.29) is 18.8 Å². The number of amides is 1. The Kier molecular flexibility index (Phi) is 4.61. The van der Waals surface area contributed by atoms with Gasteiger partial charge < -0.3 is 20.1 Å². The first-order valence-electron chi connectivity index (χ1n) is 4.81. The van der Waals surface area contributed by atoms with Crippen molar-refractivity contribution in [1.29, 1.82) is 0 Å². The van der Waals surface area contributed by atoms with Gasteiger partial charge in [-0.3, -0.25) is 14.6 Å². The number of rotatable bonds is 5. The summed E-state index contributed by atoms with van der Waals surface area (Å²) in [5, 5.41) is 11.3. The first-order valence-corrected chi connectivity index (χ1v) is 4.81. The second-order valence-corrected chi connectivity index (χ2v) is 3.29. The third kappa shape index (κ3) is 3.54. The number of carbonyl (C=O) groups excluding carboxylic acids is 1. The molecule has 0 aliphatic rings. The highest BCUT2D eigenvalue weighted by molar-refractivity contribution is 5.93. The Hall–Kier alpha value is -1.93. The molecule has 0 spiro atoms. The fraction of sp³-hybridized carbons (Fsp3) is 0.444. The van der Waals surface area contributed by atoms with Gasteiger partial charge in [0.05, 0.1) is 19.3 Å². The summed E-state index contributed by atoms with van der Waals surface area (Å²) >= 11 is 0. The summed E-state index contributed by atoms with van der Waals surface area (Å²) < 4.78 is 4.76. The molecule has 0 saturated heterocycles. The van der Waals surface area contributed by atoms with Crippen LogP contribution in [0, 0.1) is 0 Å². The number of carbonyl (C=O) groups is 1. The maximum Gasteiger partial charge on any atom is 0.325 e. The number of nitrogens with one attached hydrogen (secondary N) is 3. The highest BCUT2D eigenvalue weighted by Gasteiger charge is 2.15. The van der Waals surface area contributed by atoms with Crippen molar-refractivity contribution in [2.75, 3.05) is 20.3 Å². The summed E-state index contributed by atoms with van der Waals surface area (Å²) in [7, 11) is 1.42. The topological polar surface area (TPSA) is 124 Å². The van der Waals surface area contributed by atoms with E-state index < -0.39 is 23.2 Å². The third-order valence-corrected chi connectivity index (χ3v) is 1.99. The van der Waals surface area contributed by atoms with Gasteiger partial charge in [0.2, 0.25) is 0 Å². The highest BCUT2D eigenvalue weighted by Crippen LogP contribution is 1.89. The Morgan fingerprint density at radius 1 is 1.59 bits per heavy atom. The van der Waals surface area contributed by atoms with E-state index in [2.05, 4.69) is 10.3 Å². The van der Waals surface area contributed by atoms with Gasteiger partial charge in [0.25, 0.3) is 11.5 Å². The van der Waals surface area contributed by atoms with E-state index in [1.807, 2.05) is 4.98 Å². The van der Waals surface area contributed by atoms with E-state index in [1.165, 1.54) is 7.11 Å². The summed E-state index contributed by atoms with van der Waals surface area (Å²) in [6.07, 6.45) is 1.01. The van der Waals surface area contributed by atoms with E-state index in [1.54, 1.807) is 0 Å². The van der Waals surface area contributed by atoms with E-state index >= 15 is 0 Å². The van der Waals surface area contributed by atoms with Crippen LogP contribution in [0.4, 0.5) is 0 Å². The number of hydrogen-bond donors (Lipinski definition) is 4. The number of aromatic amines is 2. The second-order valence-electron chi connectivity index (χ2n) is 3.29. The van der Waals surface area contributed by atoms with Gasteiger partial charge in [-0.05, 0) is 0 Å². The van der Waals surface area contributed by atoms with Gasteiger partial charge in [0.15, 0.2) is 0 Å². The fourth-order valence-electron chi connectivity index (χ4n) is 1.18. The Balaban J connectivity index is 2.82. The number of ether oxygens (including phenoxy) is 1. The molecule has 0 saturated carbocycles. The van der Waals surface area contributed by atoms with Gasteiger partial charge in [-0.25, -0.2) is 4.79 Å². The van der Waals surface area contributed by atoms with Crippen LogP contribution in [0.3, 0.4) is 0 Å². The minimum absolute atomic E-state index is 0.115. The minimum atomic E-state index is -0.791. The summed E-state index contributed by atoms with van der Waals surface area (Å²) in [5.74, 6) is -0.696. The van der Waals surface area contributed by atoms with Crippen LogP contribution in [0.1, 0.15) is 10.4 Å². The largest absolute Gasteiger partial charge is 0.394 e. The van der Waals surface area contributed by atoms with Crippen LogP contribution in [-0.2, 0) is 4.74 Å². The van der Waals surface area contributed by atoms with Crippen molar-refractivity contribution < 1.29 is 14.6 Å². The minimum Gasteiger partial charge on any atom is -0.394 e. The molecule has 1 unspecified atom stereocenters. The smallest absolute Gasteiger partial charge is 0.325 e. The normalized spacial score (nSPS) is 12.1. The van der Waals surface area contributed by atoms with Gasteiger partial charge in [-0.1, -0.05) is 0 Å². The summed E-state index contributed by atoms with van der Waals surface area (Å²) in [6.45, 7) is -0.204. The van der Waals surface area contributed by atoms with E-state index in [4.69, 9.17) is 9.84 Å². The third-order valence-electron chi connectivity index (χ3n) is 1.99. The lowest BCUT2D eigenvalue weighted by Gasteiger charge is -2.14. The van der Waals surface area contributed by atoms with Gasteiger partial charge in [0.1, 0.15) is 5.56 Å². The second kappa shape index (κ2) is 5.97. The average molecular weight is 243 g/mol. The fourth-order valence-corrected chi connectivity index (χ4v) is 1.18. The maximum absolute atomic E-state index is 11.6. The predicted octanol–water partition coefficient (Wildman–Crippen LogP) is -2.20. The zero-order valence-electron chi connectivity index (χ0n) is 9.15. The summed E-state index contributed by atoms with van der Waals surface area (Å²) in [5.41, 5.74) is -1.72. The van der Waals surface area contributed by atoms with Gasteiger partial charge in [0, 0.05) is 13.3 Å². The van der Waals surface area contributed by atoms with Crippen molar-refractivity contribution in [3.63, 3.8) is 0 Å². The lowest BCUT2D eigenvalue weighted by Crippen LogP contribution is -2.43. The van der Waals surface area contributed by atoms with Gasteiger partial charge in [-0.2, -0.15) is 0 Å². The van der Waals surface area contributed by atoms with Crippen molar-refractivity contribution in [2.45, 2.75) is 6.04 Å². The zero-order valence-corrected chi connectivity index (χ0v) is 9.15. The van der Waals surface area contributed by atoms with Crippen LogP contribution in [0.25, 0.3) is 0 Å². The number of aliphatic hydroxyl groups is 1. The first-order chi connectivity index (χ1) is 8.08. The molecule has 4 N–H and O–H groups in total. The molecule has 8 heteroatoms. The van der Waals surface area contributed by atoms with Crippen LogP contribution in [0.5, 0.6) is 0 Å². The molecule has 1 aromatic rings. The number of hydrogen-bond acceptors (Lipinski definition) is 5. The van der Waals surface area contributed by atoms with Crippen molar-refractivity contribution in [2.24, 2.45) is 0 Å². The Morgan fingerprint density at radius 3 is 2.82 bits per heavy atom. The number of H-pyrrole nitrogens is 2. The molecule has 1 rings (SSSR count). The molecule has 1 atom stereocenters. The van der Waals surface area contributed by atoms with Crippen LogP contribution in [0.15, 0.2) is 15.8 Å². The predicted molar refractivity (Wildman–Crippen MR) is 57.9 cm³/mol. The van der Waals surface area contributed by atoms with E-state index in [9.17, 15) is 14.4 Å². The highest BCUT2D eigenvalue weighted by atomic mass is 16.5. The van der Waals surface area contributed by atoms with E-state index in [0.717, 1.165) is 6.20 Å². The molecule has 0 aliphatic carbocycles. The number of aromatic nitrogens is 2. The molecular weight excluding hydrogens is 230 g/mol. The molecule has 1 heterocycles. The van der Waals surface area contributed by atoms with Gasteiger partial charge in [-0.15, -0.1) is 0 Å². The Bertz CT molecular complexity index is 492. The molecular formula is C9H13N3O5. The molecule has 0 aromatic carbocycles. The van der Waals surface area contributed by atoms with Crippen molar-refractivity contribution >= 4 is 5.91 Å². The molecule has 8 nitrogen and oxygen atoms in total. The monoisotopic (exact) mass is 243 g/mol. The molecule has 1 aromatic heterocycles. The van der Waals surface area contributed by atoms with Crippen molar-refractivity contribution in [1.82, 2.24) is 15.3 Å². The molecule has 0 radical (unpaired) electrons. The van der Waals surface area contributed by atoms with Crippen LogP contribution < -0.4 is 16.6 Å². The summed E-state index contributed by atoms with van der Waals surface area (Å²) in [4.78, 5) is 37.7. The Morgan fingerprint density at radius 2 is 2.29 bits per heavy atom. The lowest BCUT2D eigenvalue weighted by atomic mass is 10.2. The Labute approximate surface area is 95.6 Å². The van der Waals surface area contributed by atoms with Crippen LogP contribution in [-0.4, -0.2) is 47.3 Å². The SMILES string of the molecule is COCC(CO)NC(=O)c1c[nH]c(=O)[nH]c1=O. The lowest BCUT2D eigenvalue weighted by molar-refractivity contribution is 0.0838. The standard InChI is InChI=1S/C9H13N3O5/c1-17-4-5(3-13)11-7(14)6-2-10-9(16)12-8(6)15/h2,5,13H,3-4H2,1H3,(H,11,14)(H2,10,12,15,16). The van der Waals surface area contributed by atoms with Crippen LogP contribution >= 0.6 is 0 Å². The summed E-state index contributed by atoms with van der Waals surface area (Å²) in [6, 6.07) is -0.612. The molecule has 0 fully saturated rings. The molecule has 94 valence electrons. The average Bonchev–Trinajstić information content (AvgIpc) is 2.28. The van der Waals surface area contributed by atoms with E-state index in [0.29, 0.717) is 0 Å². The first kappa shape index (κ1) is 13.1. The van der Waals surface area contributed by atoms with Crippen molar-refractivity contribution in [3.05, 3.63) is 32.6 Å². The molecule has 17 heavy (non-hydrogen) atoms. The van der Waals surface area contributed by atoms with Crippen molar-refractivity contribution in [3.8, 4) is 0 Å². The molecule has 0 bridgehead atoms. The zero-order chi connectivity index (χ0) is 12.8. The van der Waals surface area contributed by atoms with Gasteiger partial charge >= 0.3 is 5.69 Å².